The monoisotopic (exact) mass is 514 g/mol. The highest BCUT2D eigenvalue weighted by molar-refractivity contribution is 5.96. The Morgan fingerprint density at radius 3 is 2.50 bits per heavy atom. The molecule has 7 nitrogen and oxygen atoms in total. The van der Waals surface area contributed by atoms with E-state index in [9.17, 15) is 9.18 Å². The quantitative estimate of drug-likeness (QED) is 0.324. The zero-order valence-electron chi connectivity index (χ0n) is 22.6. The lowest BCUT2D eigenvalue weighted by molar-refractivity contribution is 0.0766. The van der Waals surface area contributed by atoms with Crippen molar-refractivity contribution in [2.24, 2.45) is 0 Å². The summed E-state index contributed by atoms with van der Waals surface area (Å²) in [6.07, 6.45) is 2.86. The predicted molar refractivity (Wildman–Crippen MR) is 149 cm³/mol. The maximum Gasteiger partial charge on any atom is 0.254 e. The van der Waals surface area contributed by atoms with E-state index in [1.165, 1.54) is 12.1 Å². The molecule has 8 heteroatoms. The van der Waals surface area contributed by atoms with Gasteiger partial charge in [-0.1, -0.05) is 38.5 Å². The van der Waals surface area contributed by atoms with Crippen LogP contribution in [0.3, 0.4) is 0 Å². The molecule has 2 aromatic carbocycles. The lowest BCUT2D eigenvalue weighted by Crippen LogP contribution is -2.35. The van der Waals surface area contributed by atoms with E-state index in [1.54, 1.807) is 16.8 Å². The molecule has 38 heavy (non-hydrogen) atoms. The molecule has 198 valence electrons. The summed E-state index contributed by atoms with van der Waals surface area (Å²) in [6.45, 7) is 11.0. The first-order valence-electron chi connectivity index (χ1n) is 13.5. The highest BCUT2D eigenvalue weighted by Crippen LogP contribution is 2.32. The molecule has 0 unspecified atom stereocenters. The van der Waals surface area contributed by atoms with Crippen molar-refractivity contribution in [3.8, 4) is 5.69 Å². The van der Waals surface area contributed by atoms with Crippen LogP contribution in [-0.4, -0.2) is 56.7 Å². The summed E-state index contributed by atoms with van der Waals surface area (Å²) in [5.41, 5.74) is 4.07. The molecule has 5 rings (SSSR count). The van der Waals surface area contributed by atoms with E-state index in [2.05, 4.69) is 18.7 Å². The molecule has 1 aliphatic rings. The molecule has 1 saturated heterocycles. The highest BCUT2D eigenvalue weighted by Gasteiger charge is 2.26. The predicted octanol–water partition coefficient (Wildman–Crippen LogP) is 5.83. The fourth-order valence-corrected chi connectivity index (χ4v) is 5.27. The van der Waals surface area contributed by atoms with Crippen LogP contribution in [0.15, 0.2) is 48.5 Å². The maximum atomic E-state index is 13.7. The number of carbonyl (C=O) groups excluding carboxylic acids is 1. The number of hydrogen-bond donors (Lipinski definition) is 0. The van der Waals surface area contributed by atoms with Gasteiger partial charge in [-0.25, -0.2) is 19.0 Å². The van der Waals surface area contributed by atoms with E-state index in [1.807, 2.05) is 43.0 Å². The third-order valence-electron chi connectivity index (χ3n) is 7.39. The first-order valence-corrected chi connectivity index (χ1v) is 13.5. The van der Waals surface area contributed by atoms with Crippen molar-refractivity contribution < 1.29 is 9.18 Å². The Morgan fingerprint density at radius 2 is 1.76 bits per heavy atom. The Labute approximate surface area is 223 Å². The molecule has 1 amide bonds. The van der Waals surface area contributed by atoms with E-state index in [0.717, 1.165) is 71.0 Å². The number of anilines is 1. The minimum Gasteiger partial charge on any atom is -0.354 e. The first kappa shape index (κ1) is 25.8. The van der Waals surface area contributed by atoms with Gasteiger partial charge in [-0.05, 0) is 62.6 Å². The van der Waals surface area contributed by atoms with Crippen molar-refractivity contribution in [2.75, 3.05) is 31.1 Å². The Morgan fingerprint density at radius 1 is 1.00 bits per heavy atom. The van der Waals surface area contributed by atoms with E-state index in [4.69, 9.17) is 15.1 Å². The number of aromatic nitrogens is 4. The number of amides is 1. The SMILES string of the molecule is CCC[C@@H](C)c1nc(N2CCCN(C(=O)c3ccccc3C)CC2)c2c(C)nn(-c3ccc(F)cc3)c2n1. The van der Waals surface area contributed by atoms with Gasteiger partial charge in [0.25, 0.3) is 5.91 Å². The second kappa shape index (κ2) is 10.9. The average molecular weight is 515 g/mol. The van der Waals surface area contributed by atoms with Crippen LogP contribution in [0.25, 0.3) is 16.7 Å². The van der Waals surface area contributed by atoms with Crippen LogP contribution < -0.4 is 4.90 Å². The minimum absolute atomic E-state index is 0.0790. The molecule has 0 N–H and O–H groups in total. The molecule has 1 aliphatic heterocycles. The average Bonchev–Trinajstić information content (AvgIpc) is 3.08. The van der Waals surface area contributed by atoms with E-state index in [-0.39, 0.29) is 17.6 Å². The zero-order valence-corrected chi connectivity index (χ0v) is 22.6. The molecule has 2 aromatic heterocycles. The smallest absolute Gasteiger partial charge is 0.254 e. The standard InChI is InChI=1S/C30H35FN6O/c1-5-9-21(3)27-32-28(26-22(4)34-37(29(26)33-27)24-14-12-23(31)13-15-24)35-16-8-17-36(19-18-35)30(38)25-11-7-6-10-20(25)2/h6-7,10-15,21H,5,8-9,16-19H2,1-4H3/t21-/m1/s1. The highest BCUT2D eigenvalue weighted by atomic mass is 19.1. The number of nitrogens with zero attached hydrogens (tertiary/aromatic N) is 6. The number of benzene rings is 2. The van der Waals surface area contributed by atoms with Crippen LogP contribution in [0, 0.1) is 19.7 Å². The van der Waals surface area contributed by atoms with Gasteiger partial charge in [-0.2, -0.15) is 5.10 Å². The Balaban J connectivity index is 1.53. The molecule has 0 aliphatic carbocycles. The Bertz CT molecular complexity index is 1450. The third kappa shape index (κ3) is 4.99. The van der Waals surface area contributed by atoms with Gasteiger partial charge in [0.1, 0.15) is 17.5 Å². The fraction of sp³-hybridized carbons (Fsp3) is 0.400. The topological polar surface area (TPSA) is 67.2 Å². The summed E-state index contributed by atoms with van der Waals surface area (Å²) in [4.78, 5) is 27.7. The van der Waals surface area contributed by atoms with Crippen molar-refractivity contribution in [3.05, 3.63) is 77.0 Å². The second-order valence-electron chi connectivity index (χ2n) is 10.2. The molecule has 0 radical (unpaired) electrons. The molecule has 1 atom stereocenters. The Hall–Kier alpha value is -3.81. The van der Waals surface area contributed by atoms with Crippen LogP contribution >= 0.6 is 0 Å². The number of rotatable bonds is 6. The zero-order chi connectivity index (χ0) is 26.8. The molecular formula is C30H35FN6O. The number of aryl methyl sites for hydroxylation is 2. The first-order chi connectivity index (χ1) is 18.4. The van der Waals surface area contributed by atoms with E-state index < -0.39 is 0 Å². The van der Waals surface area contributed by atoms with Crippen molar-refractivity contribution in [1.82, 2.24) is 24.6 Å². The van der Waals surface area contributed by atoms with E-state index in [0.29, 0.717) is 19.6 Å². The molecule has 0 spiro atoms. The summed E-state index contributed by atoms with van der Waals surface area (Å²) < 4.78 is 15.4. The van der Waals surface area contributed by atoms with Gasteiger partial charge >= 0.3 is 0 Å². The van der Waals surface area contributed by atoms with E-state index >= 15 is 0 Å². The molecule has 1 fully saturated rings. The number of carbonyl (C=O) groups is 1. The lowest BCUT2D eigenvalue weighted by Gasteiger charge is -2.25. The minimum atomic E-state index is -0.288. The fourth-order valence-electron chi connectivity index (χ4n) is 5.27. The summed E-state index contributed by atoms with van der Waals surface area (Å²) in [5, 5.41) is 5.71. The van der Waals surface area contributed by atoms with Gasteiger partial charge in [-0.3, -0.25) is 4.79 Å². The molecule has 0 saturated carbocycles. The van der Waals surface area contributed by atoms with Gasteiger partial charge in [0.2, 0.25) is 0 Å². The van der Waals surface area contributed by atoms with Crippen molar-refractivity contribution in [3.63, 3.8) is 0 Å². The number of hydrogen-bond acceptors (Lipinski definition) is 5. The van der Waals surface area contributed by atoms with Crippen molar-refractivity contribution in [1.29, 1.82) is 0 Å². The summed E-state index contributed by atoms with van der Waals surface area (Å²) in [5.74, 6) is 1.63. The summed E-state index contributed by atoms with van der Waals surface area (Å²) >= 11 is 0. The summed E-state index contributed by atoms with van der Waals surface area (Å²) in [7, 11) is 0. The van der Waals surface area contributed by atoms with Gasteiger partial charge < -0.3 is 9.80 Å². The summed E-state index contributed by atoms with van der Waals surface area (Å²) in [6, 6.07) is 14.1. The molecule has 0 bridgehead atoms. The number of halogens is 1. The van der Waals surface area contributed by atoms with Crippen LogP contribution in [0.5, 0.6) is 0 Å². The molecule has 4 aromatic rings. The van der Waals surface area contributed by atoms with Gasteiger partial charge in [-0.15, -0.1) is 0 Å². The third-order valence-corrected chi connectivity index (χ3v) is 7.39. The second-order valence-corrected chi connectivity index (χ2v) is 10.2. The van der Waals surface area contributed by atoms with Crippen LogP contribution in [0.1, 0.15) is 66.5 Å². The van der Waals surface area contributed by atoms with Crippen molar-refractivity contribution >= 4 is 22.8 Å². The molecular weight excluding hydrogens is 479 g/mol. The normalized spacial score (nSPS) is 15.1. The number of fused-ring (bicyclic) bond motifs is 1. The van der Waals surface area contributed by atoms with Crippen LogP contribution in [0.2, 0.25) is 0 Å². The molecule has 3 heterocycles. The van der Waals surface area contributed by atoms with Crippen LogP contribution in [-0.2, 0) is 0 Å². The van der Waals surface area contributed by atoms with Crippen molar-refractivity contribution in [2.45, 2.75) is 52.9 Å². The Kier molecular flexibility index (Phi) is 7.40. The maximum absolute atomic E-state index is 13.7. The van der Waals surface area contributed by atoms with Crippen LogP contribution in [0.4, 0.5) is 10.2 Å². The van der Waals surface area contributed by atoms with Gasteiger partial charge in [0, 0.05) is 37.7 Å². The largest absolute Gasteiger partial charge is 0.354 e. The van der Waals surface area contributed by atoms with Gasteiger partial charge in [0.05, 0.1) is 16.8 Å². The van der Waals surface area contributed by atoms with Gasteiger partial charge in [0.15, 0.2) is 5.65 Å². The lowest BCUT2D eigenvalue weighted by atomic mass is 10.1.